The SMILES string of the molecule is O=C(CN1NC2N(CCN2c2ccccc2)C(=O)C1=O)N1CCCCCC1. The van der Waals surface area contributed by atoms with E-state index in [-0.39, 0.29) is 12.5 Å². The highest BCUT2D eigenvalue weighted by atomic mass is 16.2. The second-order valence-corrected chi connectivity index (χ2v) is 7.22. The molecule has 0 spiro atoms. The van der Waals surface area contributed by atoms with Gasteiger partial charge in [-0.1, -0.05) is 31.0 Å². The largest absolute Gasteiger partial charge is 0.341 e. The lowest BCUT2D eigenvalue weighted by molar-refractivity contribution is -0.164. The molecular weight excluding hydrogens is 346 g/mol. The summed E-state index contributed by atoms with van der Waals surface area (Å²) in [7, 11) is 0. The number of carbonyl (C=O) groups is 3. The number of nitrogens with zero attached hydrogens (tertiary/aromatic N) is 4. The maximum Gasteiger partial charge on any atom is 0.326 e. The van der Waals surface area contributed by atoms with Gasteiger partial charge in [0, 0.05) is 31.9 Å². The minimum atomic E-state index is -0.663. The molecule has 27 heavy (non-hydrogen) atoms. The molecule has 3 saturated heterocycles. The zero-order chi connectivity index (χ0) is 18.8. The van der Waals surface area contributed by atoms with Crippen LogP contribution in [-0.2, 0) is 14.4 Å². The maximum absolute atomic E-state index is 12.7. The molecule has 0 radical (unpaired) electrons. The molecule has 1 aromatic rings. The molecule has 3 fully saturated rings. The second kappa shape index (κ2) is 7.56. The average Bonchev–Trinajstić information content (AvgIpc) is 2.92. The summed E-state index contributed by atoms with van der Waals surface area (Å²) in [6, 6.07) is 9.76. The van der Waals surface area contributed by atoms with Crippen LogP contribution in [0.3, 0.4) is 0 Å². The van der Waals surface area contributed by atoms with Gasteiger partial charge in [0.1, 0.15) is 6.54 Å². The molecular formula is C19H25N5O3. The molecule has 0 bridgehead atoms. The Balaban J connectivity index is 1.48. The molecule has 3 heterocycles. The van der Waals surface area contributed by atoms with Crippen LogP contribution >= 0.6 is 0 Å². The van der Waals surface area contributed by atoms with Gasteiger partial charge in [-0.25, -0.2) is 0 Å². The first-order chi connectivity index (χ1) is 13.1. The molecule has 1 N–H and O–H groups in total. The third-order valence-corrected chi connectivity index (χ3v) is 5.47. The van der Waals surface area contributed by atoms with E-state index in [0.29, 0.717) is 13.1 Å². The number of benzene rings is 1. The van der Waals surface area contributed by atoms with E-state index in [1.165, 1.54) is 9.91 Å². The molecule has 3 aliphatic heterocycles. The lowest BCUT2D eigenvalue weighted by atomic mass is 10.2. The Kier molecular flexibility index (Phi) is 4.98. The molecule has 1 unspecified atom stereocenters. The van der Waals surface area contributed by atoms with Crippen molar-refractivity contribution in [1.29, 1.82) is 0 Å². The lowest BCUT2D eigenvalue weighted by Gasteiger charge is -2.40. The minimum Gasteiger partial charge on any atom is -0.341 e. The fourth-order valence-corrected chi connectivity index (χ4v) is 3.98. The number of fused-ring (bicyclic) bond motifs is 1. The molecule has 1 aromatic carbocycles. The predicted molar refractivity (Wildman–Crippen MR) is 99.2 cm³/mol. The summed E-state index contributed by atoms with van der Waals surface area (Å²) in [6.07, 6.45) is 3.79. The van der Waals surface area contributed by atoms with Gasteiger partial charge in [-0.3, -0.25) is 24.3 Å². The van der Waals surface area contributed by atoms with Crippen LogP contribution in [-0.4, -0.2) is 71.5 Å². The number of anilines is 1. The first-order valence-corrected chi connectivity index (χ1v) is 9.63. The van der Waals surface area contributed by atoms with Gasteiger partial charge in [-0.15, -0.1) is 0 Å². The van der Waals surface area contributed by atoms with Gasteiger partial charge in [0.15, 0.2) is 6.29 Å². The van der Waals surface area contributed by atoms with E-state index < -0.39 is 18.1 Å². The Labute approximate surface area is 158 Å². The van der Waals surface area contributed by atoms with E-state index in [1.807, 2.05) is 40.1 Å². The lowest BCUT2D eigenvalue weighted by Crippen LogP contribution is -2.68. The van der Waals surface area contributed by atoms with Crippen molar-refractivity contribution in [3.63, 3.8) is 0 Å². The number of likely N-dealkylation sites (tertiary alicyclic amines) is 1. The second-order valence-electron chi connectivity index (χ2n) is 7.22. The molecule has 8 heteroatoms. The number of para-hydroxylation sites is 1. The molecule has 3 amide bonds. The van der Waals surface area contributed by atoms with E-state index in [2.05, 4.69) is 5.43 Å². The van der Waals surface area contributed by atoms with E-state index in [4.69, 9.17) is 0 Å². The Morgan fingerprint density at radius 2 is 1.56 bits per heavy atom. The molecule has 8 nitrogen and oxygen atoms in total. The molecule has 1 atom stereocenters. The van der Waals surface area contributed by atoms with Gasteiger partial charge in [0.05, 0.1) is 0 Å². The van der Waals surface area contributed by atoms with Crippen molar-refractivity contribution in [1.82, 2.24) is 20.2 Å². The van der Waals surface area contributed by atoms with Crippen molar-refractivity contribution in [3.8, 4) is 0 Å². The Morgan fingerprint density at radius 3 is 2.26 bits per heavy atom. The van der Waals surface area contributed by atoms with Crippen LogP contribution in [0.1, 0.15) is 25.7 Å². The highest BCUT2D eigenvalue weighted by Gasteiger charge is 2.45. The van der Waals surface area contributed by atoms with E-state index in [9.17, 15) is 14.4 Å². The van der Waals surface area contributed by atoms with Crippen LogP contribution < -0.4 is 10.3 Å². The van der Waals surface area contributed by atoms with Crippen molar-refractivity contribution in [3.05, 3.63) is 30.3 Å². The normalized spacial score (nSPS) is 23.5. The number of hydrogen-bond acceptors (Lipinski definition) is 5. The predicted octanol–water partition coefficient (Wildman–Crippen LogP) is 0.368. The van der Waals surface area contributed by atoms with Crippen molar-refractivity contribution < 1.29 is 14.4 Å². The highest BCUT2D eigenvalue weighted by Crippen LogP contribution is 2.24. The van der Waals surface area contributed by atoms with E-state index >= 15 is 0 Å². The van der Waals surface area contributed by atoms with Crippen LogP contribution in [0, 0.1) is 0 Å². The monoisotopic (exact) mass is 371 g/mol. The molecule has 0 aliphatic carbocycles. The van der Waals surface area contributed by atoms with Gasteiger partial charge in [-0.2, -0.15) is 5.43 Å². The van der Waals surface area contributed by atoms with Gasteiger partial charge in [0.25, 0.3) is 0 Å². The number of amides is 3. The Bertz CT molecular complexity index is 717. The van der Waals surface area contributed by atoms with Gasteiger partial charge < -0.3 is 9.80 Å². The standard InChI is InChI=1S/C19H25N5O3/c25-16(21-10-6-1-2-7-11-21)14-24-18(27)17(26)23-13-12-22(19(23)20-24)15-8-4-3-5-9-15/h3-5,8-9,19-20H,1-2,6-7,10-14H2. The van der Waals surface area contributed by atoms with Crippen molar-refractivity contribution in [2.24, 2.45) is 0 Å². The van der Waals surface area contributed by atoms with Crippen LogP contribution in [0.5, 0.6) is 0 Å². The molecule has 0 aromatic heterocycles. The summed E-state index contributed by atoms with van der Waals surface area (Å²) in [5.41, 5.74) is 4.07. The maximum atomic E-state index is 12.7. The molecule has 0 saturated carbocycles. The fourth-order valence-electron chi connectivity index (χ4n) is 3.98. The number of carbonyl (C=O) groups excluding carboxylic acids is 3. The van der Waals surface area contributed by atoms with Crippen LogP contribution in [0.25, 0.3) is 0 Å². The average molecular weight is 371 g/mol. The summed E-state index contributed by atoms with van der Waals surface area (Å²) in [5.74, 6) is -1.33. The zero-order valence-electron chi connectivity index (χ0n) is 15.3. The topological polar surface area (TPSA) is 76.2 Å². The third kappa shape index (κ3) is 3.49. The molecule has 3 aliphatic rings. The highest BCUT2D eigenvalue weighted by molar-refractivity contribution is 6.35. The summed E-state index contributed by atoms with van der Waals surface area (Å²) in [4.78, 5) is 43.1. The van der Waals surface area contributed by atoms with Crippen molar-refractivity contribution in [2.75, 3.05) is 37.6 Å². The quantitative estimate of drug-likeness (QED) is 0.777. The van der Waals surface area contributed by atoms with E-state index in [0.717, 1.165) is 44.5 Å². The zero-order valence-corrected chi connectivity index (χ0v) is 15.3. The minimum absolute atomic E-state index is 0.108. The number of nitrogens with one attached hydrogen (secondary N) is 1. The number of hydrazine groups is 1. The third-order valence-electron chi connectivity index (χ3n) is 5.47. The van der Waals surface area contributed by atoms with Crippen LogP contribution in [0.2, 0.25) is 0 Å². The molecule has 4 rings (SSSR count). The van der Waals surface area contributed by atoms with Gasteiger partial charge in [0.2, 0.25) is 5.91 Å². The molecule has 144 valence electrons. The summed E-state index contributed by atoms with van der Waals surface area (Å²) >= 11 is 0. The van der Waals surface area contributed by atoms with Crippen LogP contribution in [0.4, 0.5) is 5.69 Å². The summed E-state index contributed by atoms with van der Waals surface area (Å²) in [5, 5.41) is 1.19. The Hall–Kier alpha value is -2.61. The van der Waals surface area contributed by atoms with Crippen molar-refractivity contribution in [2.45, 2.75) is 32.0 Å². The van der Waals surface area contributed by atoms with E-state index in [1.54, 1.807) is 0 Å². The summed E-state index contributed by atoms with van der Waals surface area (Å²) < 4.78 is 0. The van der Waals surface area contributed by atoms with Crippen molar-refractivity contribution >= 4 is 23.4 Å². The Morgan fingerprint density at radius 1 is 0.889 bits per heavy atom. The first-order valence-electron chi connectivity index (χ1n) is 9.63. The fraction of sp³-hybridized carbons (Fsp3) is 0.526. The van der Waals surface area contributed by atoms with Gasteiger partial charge >= 0.3 is 11.8 Å². The first kappa shape index (κ1) is 17.8. The number of hydrogen-bond donors (Lipinski definition) is 1. The summed E-state index contributed by atoms with van der Waals surface area (Å²) in [6.45, 7) is 2.44. The smallest absolute Gasteiger partial charge is 0.326 e. The van der Waals surface area contributed by atoms with Gasteiger partial charge in [-0.05, 0) is 25.0 Å². The number of rotatable bonds is 3. The van der Waals surface area contributed by atoms with Crippen LogP contribution in [0.15, 0.2) is 30.3 Å².